The number of nitrogens with two attached hydrogens (primary N) is 1. The lowest BCUT2D eigenvalue weighted by Crippen LogP contribution is -2.57. The van der Waals surface area contributed by atoms with Gasteiger partial charge in [0.2, 0.25) is 0 Å². The second-order valence-electron chi connectivity index (χ2n) is 5.94. The smallest absolute Gasteiger partial charge is 0.119 e. The van der Waals surface area contributed by atoms with Crippen LogP contribution in [0.25, 0.3) is 0 Å². The molecule has 0 radical (unpaired) electrons. The molecule has 1 aromatic carbocycles. The third kappa shape index (κ3) is 3.32. The molecule has 0 unspecified atom stereocenters. The van der Waals surface area contributed by atoms with E-state index in [0.717, 1.165) is 44.8 Å². The van der Waals surface area contributed by atoms with Crippen molar-refractivity contribution in [1.29, 1.82) is 0 Å². The van der Waals surface area contributed by atoms with Crippen molar-refractivity contribution < 1.29 is 4.74 Å². The van der Waals surface area contributed by atoms with Crippen LogP contribution in [0.2, 0.25) is 0 Å². The van der Waals surface area contributed by atoms with Crippen LogP contribution in [0, 0.1) is 0 Å². The fourth-order valence-corrected chi connectivity index (χ4v) is 2.99. The minimum atomic E-state index is 0.135. The minimum Gasteiger partial charge on any atom is -0.497 e. The van der Waals surface area contributed by atoms with Gasteiger partial charge >= 0.3 is 0 Å². The van der Waals surface area contributed by atoms with Gasteiger partial charge in [0.1, 0.15) is 5.75 Å². The number of hydrogen-bond acceptors (Lipinski definition) is 4. The lowest BCUT2D eigenvalue weighted by Gasteiger charge is -2.46. The maximum atomic E-state index is 6.11. The first kappa shape index (κ1) is 15.3. The molecule has 1 saturated heterocycles. The zero-order chi connectivity index (χ0) is 14.6. The lowest BCUT2D eigenvalue weighted by atomic mass is 9.86. The highest BCUT2D eigenvalue weighted by atomic mass is 16.5. The predicted molar refractivity (Wildman–Crippen MR) is 83.0 cm³/mol. The molecule has 0 atom stereocenters. The van der Waals surface area contributed by atoms with E-state index < -0.39 is 0 Å². The van der Waals surface area contributed by atoms with E-state index in [0.29, 0.717) is 0 Å². The fraction of sp³-hybridized carbons (Fsp3) is 0.625. The second-order valence-corrected chi connectivity index (χ2v) is 5.94. The average Bonchev–Trinajstić information content (AvgIpc) is 2.48. The molecule has 112 valence electrons. The number of hydrogen-bond donors (Lipinski definition) is 1. The molecule has 0 aromatic heterocycles. The van der Waals surface area contributed by atoms with E-state index in [1.165, 1.54) is 5.56 Å². The third-order valence-corrected chi connectivity index (χ3v) is 4.66. The Hall–Kier alpha value is -1.10. The van der Waals surface area contributed by atoms with Crippen molar-refractivity contribution in [2.24, 2.45) is 5.73 Å². The van der Waals surface area contributed by atoms with Gasteiger partial charge in [0.25, 0.3) is 0 Å². The summed E-state index contributed by atoms with van der Waals surface area (Å²) in [5.74, 6) is 0.918. The Balaban J connectivity index is 2.07. The Morgan fingerprint density at radius 2 is 2.05 bits per heavy atom. The Morgan fingerprint density at radius 1 is 1.35 bits per heavy atom. The molecule has 0 amide bonds. The first-order chi connectivity index (χ1) is 9.59. The van der Waals surface area contributed by atoms with Crippen LogP contribution < -0.4 is 10.5 Å². The van der Waals surface area contributed by atoms with Crippen LogP contribution in [0.4, 0.5) is 0 Å². The van der Waals surface area contributed by atoms with Crippen molar-refractivity contribution in [2.75, 3.05) is 40.8 Å². The fourth-order valence-electron chi connectivity index (χ4n) is 2.99. The zero-order valence-electron chi connectivity index (χ0n) is 12.9. The average molecular weight is 277 g/mol. The van der Waals surface area contributed by atoms with Gasteiger partial charge in [-0.3, -0.25) is 4.90 Å². The molecule has 0 spiro atoms. The molecular weight excluding hydrogens is 250 g/mol. The van der Waals surface area contributed by atoms with E-state index in [2.05, 4.69) is 36.0 Å². The van der Waals surface area contributed by atoms with Crippen molar-refractivity contribution in [3.05, 3.63) is 29.8 Å². The van der Waals surface area contributed by atoms with Gasteiger partial charge < -0.3 is 15.4 Å². The normalized spacial score (nSPS) is 19.2. The number of methoxy groups -OCH3 is 1. The van der Waals surface area contributed by atoms with Crippen molar-refractivity contribution in [3.63, 3.8) is 0 Å². The van der Waals surface area contributed by atoms with Gasteiger partial charge in [0.15, 0.2) is 0 Å². The molecule has 0 aliphatic carbocycles. The summed E-state index contributed by atoms with van der Waals surface area (Å²) in [4.78, 5) is 4.81. The summed E-state index contributed by atoms with van der Waals surface area (Å²) in [6.07, 6.45) is 2.28. The number of nitrogens with zero attached hydrogens (tertiary/aromatic N) is 2. The van der Waals surface area contributed by atoms with E-state index in [-0.39, 0.29) is 5.54 Å². The molecule has 4 heteroatoms. The largest absolute Gasteiger partial charge is 0.497 e. The van der Waals surface area contributed by atoms with E-state index in [4.69, 9.17) is 10.5 Å². The number of likely N-dealkylation sites (N-methyl/N-ethyl adjacent to an activating group) is 1. The van der Waals surface area contributed by atoms with Crippen LogP contribution in [0.1, 0.15) is 18.4 Å². The van der Waals surface area contributed by atoms with Gasteiger partial charge in [-0.2, -0.15) is 0 Å². The quantitative estimate of drug-likeness (QED) is 0.886. The van der Waals surface area contributed by atoms with Crippen molar-refractivity contribution in [1.82, 2.24) is 9.80 Å². The van der Waals surface area contributed by atoms with Gasteiger partial charge in [-0.25, -0.2) is 0 Å². The molecule has 1 heterocycles. The van der Waals surface area contributed by atoms with Crippen LogP contribution in [0.5, 0.6) is 5.75 Å². The first-order valence-corrected chi connectivity index (χ1v) is 7.32. The van der Waals surface area contributed by atoms with E-state index >= 15 is 0 Å². The molecule has 2 rings (SSSR count). The van der Waals surface area contributed by atoms with Gasteiger partial charge in [-0.05, 0) is 57.7 Å². The highest BCUT2D eigenvalue weighted by Crippen LogP contribution is 2.28. The summed E-state index contributed by atoms with van der Waals surface area (Å²) < 4.78 is 5.30. The maximum Gasteiger partial charge on any atom is 0.119 e. The number of rotatable bonds is 5. The highest BCUT2D eigenvalue weighted by Gasteiger charge is 2.36. The van der Waals surface area contributed by atoms with Gasteiger partial charge in [0, 0.05) is 18.6 Å². The van der Waals surface area contributed by atoms with Crippen LogP contribution in [-0.4, -0.2) is 56.2 Å². The molecule has 1 fully saturated rings. The second kappa shape index (κ2) is 6.57. The summed E-state index contributed by atoms with van der Waals surface area (Å²) in [6.45, 7) is 3.89. The standard InChI is InChI=1S/C16H27N3O/c1-18-9-7-16(13-17,8-10-18)19(2)12-14-5-4-6-15(11-14)20-3/h4-6,11H,7-10,12-13,17H2,1-3H3. The number of benzene rings is 1. The molecule has 1 aliphatic rings. The van der Waals surface area contributed by atoms with E-state index in [1.54, 1.807) is 7.11 Å². The van der Waals surface area contributed by atoms with Crippen molar-refractivity contribution in [3.8, 4) is 5.75 Å². The Morgan fingerprint density at radius 3 is 2.65 bits per heavy atom. The van der Waals surface area contributed by atoms with E-state index in [9.17, 15) is 0 Å². The number of likely N-dealkylation sites (tertiary alicyclic amines) is 1. The molecule has 1 aromatic rings. The molecule has 0 bridgehead atoms. The topological polar surface area (TPSA) is 41.7 Å². The third-order valence-electron chi connectivity index (χ3n) is 4.66. The molecular formula is C16H27N3O. The van der Waals surface area contributed by atoms with Crippen molar-refractivity contribution >= 4 is 0 Å². The molecule has 0 saturated carbocycles. The molecule has 4 nitrogen and oxygen atoms in total. The van der Waals surface area contributed by atoms with Crippen LogP contribution in [0.3, 0.4) is 0 Å². The summed E-state index contributed by atoms with van der Waals surface area (Å²) in [5, 5.41) is 0. The van der Waals surface area contributed by atoms with Gasteiger partial charge in [-0.1, -0.05) is 12.1 Å². The molecule has 2 N–H and O–H groups in total. The number of ether oxygens (including phenoxy) is 1. The van der Waals surface area contributed by atoms with Crippen LogP contribution >= 0.6 is 0 Å². The first-order valence-electron chi connectivity index (χ1n) is 7.32. The minimum absolute atomic E-state index is 0.135. The van der Waals surface area contributed by atoms with Gasteiger partial charge in [0.05, 0.1) is 7.11 Å². The zero-order valence-corrected chi connectivity index (χ0v) is 12.9. The SMILES string of the molecule is COc1cccc(CN(C)C2(CN)CCN(C)CC2)c1. The summed E-state index contributed by atoms with van der Waals surface area (Å²) >= 11 is 0. The van der Waals surface area contributed by atoms with Crippen LogP contribution in [-0.2, 0) is 6.54 Å². The number of piperidine rings is 1. The molecule has 20 heavy (non-hydrogen) atoms. The highest BCUT2D eigenvalue weighted by molar-refractivity contribution is 5.28. The van der Waals surface area contributed by atoms with E-state index in [1.807, 2.05) is 12.1 Å². The monoisotopic (exact) mass is 277 g/mol. The summed E-state index contributed by atoms with van der Waals surface area (Å²) in [7, 11) is 6.08. The predicted octanol–water partition coefficient (Wildman–Crippen LogP) is 1.55. The van der Waals surface area contributed by atoms with Gasteiger partial charge in [-0.15, -0.1) is 0 Å². The van der Waals surface area contributed by atoms with Crippen LogP contribution in [0.15, 0.2) is 24.3 Å². The molecule has 1 aliphatic heterocycles. The summed E-state index contributed by atoms with van der Waals surface area (Å²) in [5.41, 5.74) is 7.52. The lowest BCUT2D eigenvalue weighted by molar-refractivity contribution is 0.0484. The van der Waals surface area contributed by atoms with Crippen molar-refractivity contribution in [2.45, 2.75) is 24.9 Å². The summed E-state index contributed by atoms with van der Waals surface area (Å²) in [6, 6.07) is 8.29. The Kier molecular flexibility index (Phi) is 5.02. The maximum absolute atomic E-state index is 6.11. The Labute approximate surface area is 122 Å². The Bertz CT molecular complexity index is 427.